The van der Waals surface area contributed by atoms with Gasteiger partial charge in [-0.3, -0.25) is 0 Å². The Morgan fingerprint density at radius 3 is 2.26 bits per heavy atom. The van der Waals surface area contributed by atoms with Crippen LogP contribution in [0.5, 0.6) is 0 Å². The van der Waals surface area contributed by atoms with E-state index in [-0.39, 0.29) is 17.6 Å². The number of amides is 2. The highest BCUT2D eigenvalue weighted by Crippen LogP contribution is 2.30. The standard InChI is InChI=1S/C24H32N2O/c1-6-18-26(20(5)22-17-13-12-14-19(22)4)23(27)25-24(7-2,8-3)21-15-10-9-11-16-21/h6,9-17,20H,1,7-8,18H2,2-5H3,(H,25,27). The highest BCUT2D eigenvalue weighted by atomic mass is 16.2. The number of carbonyl (C=O) groups is 1. The number of benzene rings is 2. The molecule has 0 saturated heterocycles. The van der Waals surface area contributed by atoms with Crippen molar-refractivity contribution in [2.75, 3.05) is 6.54 Å². The van der Waals surface area contributed by atoms with Gasteiger partial charge in [0.2, 0.25) is 0 Å². The molecule has 0 spiro atoms. The molecule has 0 saturated carbocycles. The van der Waals surface area contributed by atoms with Crippen LogP contribution in [0.3, 0.4) is 0 Å². The second kappa shape index (κ2) is 9.40. The Hall–Kier alpha value is -2.55. The zero-order valence-corrected chi connectivity index (χ0v) is 17.0. The molecule has 3 heteroatoms. The van der Waals surface area contributed by atoms with Gasteiger partial charge in [-0.2, -0.15) is 0 Å². The maximum atomic E-state index is 13.3. The van der Waals surface area contributed by atoms with Crippen LogP contribution in [-0.2, 0) is 5.54 Å². The van der Waals surface area contributed by atoms with Gasteiger partial charge in [-0.25, -0.2) is 4.79 Å². The number of nitrogens with zero attached hydrogens (tertiary/aromatic N) is 1. The minimum atomic E-state index is -0.372. The van der Waals surface area contributed by atoms with Crippen LogP contribution >= 0.6 is 0 Å². The van der Waals surface area contributed by atoms with E-state index in [1.807, 2.05) is 35.2 Å². The first kappa shape index (κ1) is 20.8. The first-order chi connectivity index (χ1) is 13.0. The Morgan fingerprint density at radius 1 is 1.11 bits per heavy atom. The van der Waals surface area contributed by atoms with Crippen molar-refractivity contribution in [1.29, 1.82) is 0 Å². The normalized spacial score (nSPS) is 12.3. The molecule has 0 fully saturated rings. The molecule has 1 N–H and O–H groups in total. The van der Waals surface area contributed by atoms with Gasteiger partial charge in [-0.15, -0.1) is 6.58 Å². The molecule has 0 bridgehead atoms. The summed E-state index contributed by atoms with van der Waals surface area (Å²) in [7, 11) is 0. The molecule has 2 amide bonds. The molecule has 0 heterocycles. The average Bonchev–Trinajstić information content (AvgIpc) is 2.70. The van der Waals surface area contributed by atoms with Crippen LogP contribution in [0.4, 0.5) is 4.79 Å². The minimum absolute atomic E-state index is 0.0358. The van der Waals surface area contributed by atoms with Gasteiger partial charge in [0.05, 0.1) is 11.6 Å². The van der Waals surface area contributed by atoms with Crippen molar-refractivity contribution in [2.45, 2.75) is 52.1 Å². The van der Waals surface area contributed by atoms with E-state index in [9.17, 15) is 4.79 Å². The lowest BCUT2D eigenvalue weighted by Gasteiger charge is -2.38. The van der Waals surface area contributed by atoms with Crippen molar-refractivity contribution in [1.82, 2.24) is 10.2 Å². The predicted octanol–water partition coefficient (Wildman–Crippen LogP) is 5.97. The van der Waals surface area contributed by atoms with E-state index >= 15 is 0 Å². The highest BCUT2D eigenvalue weighted by Gasteiger charge is 2.33. The summed E-state index contributed by atoms with van der Waals surface area (Å²) in [5, 5.41) is 3.34. The Labute approximate surface area is 164 Å². The average molecular weight is 365 g/mol. The van der Waals surface area contributed by atoms with Crippen LogP contribution in [0.1, 0.15) is 56.3 Å². The SMILES string of the molecule is C=CCN(C(=O)NC(CC)(CC)c1ccccc1)C(C)c1ccccc1C. The van der Waals surface area contributed by atoms with Gasteiger partial charge < -0.3 is 10.2 Å². The topological polar surface area (TPSA) is 32.3 Å². The molecule has 144 valence electrons. The van der Waals surface area contributed by atoms with Crippen LogP contribution in [0.25, 0.3) is 0 Å². The van der Waals surface area contributed by atoms with Crippen LogP contribution in [0, 0.1) is 6.92 Å². The van der Waals surface area contributed by atoms with E-state index in [0.29, 0.717) is 6.54 Å². The van der Waals surface area contributed by atoms with Gasteiger partial charge in [-0.05, 0) is 43.4 Å². The fraction of sp³-hybridized carbons (Fsp3) is 0.375. The minimum Gasteiger partial charge on any atom is -0.328 e. The number of aryl methyl sites for hydroxylation is 1. The summed E-state index contributed by atoms with van der Waals surface area (Å²) < 4.78 is 0. The summed E-state index contributed by atoms with van der Waals surface area (Å²) >= 11 is 0. The van der Waals surface area contributed by atoms with E-state index < -0.39 is 0 Å². The third kappa shape index (κ3) is 4.60. The summed E-state index contributed by atoms with van der Waals surface area (Å²) in [6.07, 6.45) is 3.45. The lowest BCUT2D eigenvalue weighted by Crippen LogP contribution is -2.51. The molecule has 0 aliphatic rings. The first-order valence-corrected chi connectivity index (χ1v) is 9.79. The van der Waals surface area contributed by atoms with E-state index in [2.05, 4.69) is 63.9 Å². The molecule has 2 rings (SSSR count). The Kier molecular flexibility index (Phi) is 7.23. The Bertz CT molecular complexity index is 750. The van der Waals surface area contributed by atoms with Crippen molar-refractivity contribution in [3.8, 4) is 0 Å². The van der Waals surface area contributed by atoms with Crippen molar-refractivity contribution in [3.05, 3.63) is 83.9 Å². The molecule has 1 atom stereocenters. The molecular formula is C24H32N2O. The third-order valence-corrected chi connectivity index (χ3v) is 5.57. The van der Waals surface area contributed by atoms with Crippen molar-refractivity contribution < 1.29 is 4.79 Å². The number of urea groups is 1. The molecular weight excluding hydrogens is 332 g/mol. The number of hydrogen-bond acceptors (Lipinski definition) is 1. The summed E-state index contributed by atoms with van der Waals surface area (Å²) in [6, 6.07) is 18.4. The second-order valence-corrected chi connectivity index (χ2v) is 7.06. The van der Waals surface area contributed by atoms with E-state index in [1.165, 1.54) is 5.56 Å². The lowest BCUT2D eigenvalue weighted by molar-refractivity contribution is 0.168. The summed E-state index contributed by atoms with van der Waals surface area (Å²) in [5.74, 6) is 0. The summed E-state index contributed by atoms with van der Waals surface area (Å²) in [5.41, 5.74) is 3.12. The van der Waals surface area contributed by atoms with E-state index in [4.69, 9.17) is 0 Å². The zero-order valence-electron chi connectivity index (χ0n) is 17.0. The molecule has 0 aliphatic carbocycles. The van der Waals surface area contributed by atoms with Crippen LogP contribution in [0.15, 0.2) is 67.3 Å². The fourth-order valence-electron chi connectivity index (χ4n) is 3.72. The molecule has 2 aromatic rings. The number of rotatable bonds is 8. The predicted molar refractivity (Wildman–Crippen MR) is 114 cm³/mol. The van der Waals surface area contributed by atoms with Gasteiger partial charge in [0.15, 0.2) is 0 Å². The fourth-order valence-corrected chi connectivity index (χ4v) is 3.72. The van der Waals surface area contributed by atoms with Crippen LogP contribution in [0.2, 0.25) is 0 Å². The second-order valence-electron chi connectivity index (χ2n) is 7.06. The molecule has 3 nitrogen and oxygen atoms in total. The summed E-state index contributed by atoms with van der Waals surface area (Å²) in [6.45, 7) is 12.8. The Balaban J connectivity index is 2.33. The number of carbonyl (C=O) groups excluding carboxylic acids is 1. The van der Waals surface area contributed by atoms with Crippen LogP contribution in [-0.4, -0.2) is 17.5 Å². The molecule has 1 unspecified atom stereocenters. The number of nitrogens with one attached hydrogen (secondary N) is 1. The lowest BCUT2D eigenvalue weighted by atomic mass is 9.85. The maximum Gasteiger partial charge on any atom is 0.318 e. The third-order valence-electron chi connectivity index (χ3n) is 5.57. The van der Waals surface area contributed by atoms with Gasteiger partial charge in [-0.1, -0.05) is 74.5 Å². The number of hydrogen-bond donors (Lipinski definition) is 1. The zero-order chi connectivity index (χ0) is 19.9. The van der Waals surface area contributed by atoms with Gasteiger partial charge in [0, 0.05) is 6.54 Å². The Morgan fingerprint density at radius 2 is 1.70 bits per heavy atom. The maximum absolute atomic E-state index is 13.3. The van der Waals surface area contributed by atoms with Crippen molar-refractivity contribution >= 4 is 6.03 Å². The van der Waals surface area contributed by atoms with Gasteiger partial charge >= 0.3 is 6.03 Å². The largest absolute Gasteiger partial charge is 0.328 e. The smallest absolute Gasteiger partial charge is 0.318 e. The molecule has 0 radical (unpaired) electrons. The highest BCUT2D eigenvalue weighted by molar-refractivity contribution is 5.76. The van der Waals surface area contributed by atoms with Crippen LogP contribution < -0.4 is 5.32 Å². The monoisotopic (exact) mass is 364 g/mol. The summed E-state index contributed by atoms with van der Waals surface area (Å²) in [4.78, 5) is 15.2. The molecule has 0 aliphatic heterocycles. The van der Waals surface area contributed by atoms with Crippen molar-refractivity contribution in [2.24, 2.45) is 0 Å². The molecule has 27 heavy (non-hydrogen) atoms. The van der Waals surface area contributed by atoms with Gasteiger partial charge in [0.25, 0.3) is 0 Å². The van der Waals surface area contributed by atoms with E-state index in [0.717, 1.165) is 24.0 Å². The van der Waals surface area contributed by atoms with Gasteiger partial charge in [0.1, 0.15) is 0 Å². The van der Waals surface area contributed by atoms with E-state index in [1.54, 1.807) is 6.08 Å². The quantitative estimate of drug-likeness (QED) is 0.575. The first-order valence-electron chi connectivity index (χ1n) is 9.79. The van der Waals surface area contributed by atoms with Crippen molar-refractivity contribution in [3.63, 3.8) is 0 Å². The molecule has 0 aromatic heterocycles. The molecule has 2 aromatic carbocycles.